The summed E-state index contributed by atoms with van der Waals surface area (Å²) in [4.78, 5) is 4.38. The lowest BCUT2D eigenvalue weighted by Gasteiger charge is -2.22. The lowest BCUT2D eigenvalue weighted by atomic mass is 10.2. The highest BCUT2D eigenvalue weighted by molar-refractivity contribution is 7.91. The summed E-state index contributed by atoms with van der Waals surface area (Å²) in [5, 5.41) is 3.23. The van der Waals surface area contributed by atoms with Crippen molar-refractivity contribution >= 4 is 15.4 Å². The first kappa shape index (κ1) is 11.7. The van der Waals surface area contributed by atoms with Crippen LogP contribution < -0.4 is 5.32 Å². The molecule has 1 aliphatic rings. The van der Waals surface area contributed by atoms with Gasteiger partial charge in [0, 0.05) is 12.7 Å². The first-order chi connectivity index (χ1) is 8.57. The molecule has 0 aliphatic carbocycles. The van der Waals surface area contributed by atoms with Crippen molar-refractivity contribution in [1.82, 2.24) is 14.7 Å². The van der Waals surface area contributed by atoms with Crippen LogP contribution in [0, 0.1) is 6.92 Å². The number of aromatic nitrogens is 2. The van der Waals surface area contributed by atoms with Crippen molar-refractivity contribution in [3.05, 3.63) is 35.9 Å². The number of rotatable bonds is 1. The van der Waals surface area contributed by atoms with Gasteiger partial charge in [-0.25, -0.2) is 13.4 Å². The number of fused-ring (bicyclic) bond motifs is 1. The van der Waals surface area contributed by atoms with Crippen LogP contribution >= 0.6 is 0 Å². The predicted octanol–water partition coefficient (Wildman–Crippen LogP) is 0.702. The summed E-state index contributed by atoms with van der Waals surface area (Å²) in [6.07, 6.45) is 3.72. The minimum absolute atomic E-state index is 0.125. The van der Waals surface area contributed by atoms with Gasteiger partial charge in [-0.2, -0.15) is 0 Å². The van der Waals surface area contributed by atoms with E-state index in [1.807, 2.05) is 29.7 Å². The smallest absolute Gasteiger partial charge is 0.153 e. The average Bonchev–Trinajstić information content (AvgIpc) is 2.73. The summed E-state index contributed by atoms with van der Waals surface area (Å²) in [6, 6.07) is 3.75. The summed E-state index contributed by atoms with van der Waals surface area (Å²) < 4.78 is 25.3. The minimum atomic E-state index is -2.95. The molecular weight excluding hydrogens is 250 g/mol. The zero-order valence-corrected chi connectivity index (χ0v) is 10.9. The van der Waals surface area contributed by atoms with E-state index in [0.717, 1.165) is 16.9 Å². The quantitative estimate of drug-likeness (QED) is 0.824. The first-order valence-electron chi connectivity index (χ1n) is 5.93. The first-order valence-corrected chi connectivity index (χ1v) is 7.75. The van der Waals surface area contributed by atoms with Crippen molar-refractivity contribution in [3.63, 3.8) is 0 Å². The van der Waals surface area contributed by atoms with Crippen LogP contribution in [0.1, 0.15) is 17.4 Å². The van der Waals surface area contributed by atoms with Crippen LogP contribution in [0.15, 0.2) is 24.5 Å². The van der Waals surface area contributed by atoms with Gasteiger partial charge in [-0.1, -0.05) is 6.07 Å². The van der Waals surface area contributed by atoms with Crippen LogP contribution in [0.2, 0.25) is 0 Å². The molecule has 1 saturated heterocycles. The van der Waals surface area contributed by atoms with Gasteiger partial charge in [0.25, 0.3) is 0 Å². The van der Waals surface area contributed by atoms with Crippen molar-refractivity contribution in [2.45, 2.75) is 13.0 Å². The molecule has 0 spiro atoms. The number of nitrogens with zero attached hydrogens (tertiary/aromatic N) is 2. The predicted molar refractivity (Wildman–Crippen MR) is 69.3 cm³/mol. The number of hydrogen-bond donors (Lipinski definition) is 1. The van der Waals surface area contributed by atoms with Gasteiger partial charge < -0.3 is 9.72 Å². The van der Waals surface area contributed by atoms with Gasteiger partial charge in [-0.15, -0.1) is 0 Å². The van der Waals surface area contributed by atoms with Gasteiger partial charge in [0.15, 0.2) is 9.84 Å². The van der Waals surface area contributed by atoms with Crippen LogP contribution in [0.4, 0.5) is 0 Å². The molecule has 2 aromatic rings. The van der Waals surface area contributed by atoms with Crippen LogP contribution in [-0.2, 0) is 9.84 Å². The van der Waals surface area contributed by atoms with E-state index in [9.17, 15) is 8.42 Å². The van der Waals surface area contributed by atoms with Crippen LogP contribution in [0.5, 0.6) is 0 Å². The molecule has 1 unspecified atom stereocenters. The number of hydrogen-bond acceptors (Lipinski definition) is 4. The van der Waals surface area contributed by atoms with E-state index in [1.54, 1.807) is 6.20 Å². The van der Waals surface area contributed by atoms with Gasteiger partial charge in [-0.05, 0) is 18.6 Å². The Bertz CT molecular complexity index is 690. The Morgan fingerprint density at radius 3 is 3.11 bits per heavy atom. The molecule has 96 valence electrons. The summed E-state index contributed by atoms with van der Waals surface area (Å²) in [5.41, 5.74) is 2.16. The number of imidazole rings is 1. The molecule has 0 radical (unpaired) electrons. The average molecular weight is 265 g/mol. The largest absolute Gasteiger partial charge is 0.305 e. The molecule has 1 aliphatic heterocycles. The molecular formula is C12H15N3O2S. The highest BCUT2D eigenvalue weighted by Gasteiger charge is 2.28. The Morgan fingerprint density at radius 1 is 1.50 bits per heavy atom. The molecule has 2 aromatic heterocycles. The third-order valence-corrected chi connectivity index (χ3v) is 5.01. The van der Waals surface area contributed by atoms with Gasteiger partial charge in [0.2, 0.25) is 0 Å². The molecule has 0 amide bonds. The zero-order chi connectivity index (χ0) is 12.8. The SMILES string of the molecule is Cc1cccn2c(C3CS(=O)(=O)CCN3)ncc12. The van der Waals surface area contributed by atoms with Crippen molar-refractivity contribution in [2.75, 3.05) is 18.1 Å². The maximum absolute atomic E-state index is 11.7. The second-order valence-corrected chi connectivity index (χ2v) is 6.91. The molecule has 0 saturated carbocycles. The van der Waals surface area contributed by atoms with E-state index < -0.39 is 9.84 Å². The second kappa shape index (κ2) is 4.07. The van der Waals surface area contributed by atoms with E-state index in [0.29, 0.717) is 6.54 Å². The molecule has 1 fully saturated rings. The van der Waals surface area contributed by atoms with Gasteiger partial charge in [0.05, 0.1) is 29.3 Å². The summed E-state index contributed by atoms with van der Waals surface area (Å²) in [7, 11) is -2.95. The summed E-state index contributed by atoms with van der Waals surface area (Å²) in [6.45, 7) is 2.51. The number of pyridine rings is 1. The summed E-state index contributed by atoms with van der Waals surface area (Å²) in [5.74, 6) is 1.11. The van der Waals surface area contributed by atoms with E-state index in [-0.39, 0.29) is 17.5 Å². The topological polar surface area (TPSA) is 63.5 Å². The van der Waals surface area contributed by atoms with Crippen molar-refractivity contribution in [3.8, 4) is 0 Å². The fraction of sp³-hybridized carbons (Fsp3) is 0.417. The fourth-order valence-corrected chi connectivity index (χ4v) is 3.76. The van der Waals surface area contributed by atoms with Crippen LogP contribution in [0.25, 0.3) is 5.52 Å². The van der Waals surface area contributed by atoms with Gasteiger partial charge in [0.1, 0.15) is 5.82 Å². The minimum Gasteiger partial charge on any atom is -0.305 e. The molecule has 18 heavy (non-hydrogen) atoms. The lowest BCUT2D eigenvalue weighted by molar-refractivity contribution is 0.514. The zero-order valence-electron chi connectivity index (χ0n) is 10.1. The highest BCUT2D eigenvalue weighted by Crippen LogP contribution is 2.20. The maximum Gasteiger partial charge on any atom is 0.153 e. The van der Waals surface area contributed by atoms with E-state index in [2.05, 4.69) is 10.3 Å². The number of sulfone groups is 1. The number of aryl methyl sites for hydroxylation is 1. The third-order valence-electron chi connectivity index (χ3n) is 3.35. The molecule has 3 rings (SSSR count). The Balaban J connectivity index is 2.07. The number of nitrogens with one attached hydrogen (secondary N) is 1. The standard InChI is InChI=1S/C12H15N3O2S/c1-9-3-2-5-15-11(9)7-14-12(15)10-8-18(16,17)6-4-13-10/h2-3,5,7,10,13H,4,6,8H2,1H3. The lowest BCUT2D eigenvalue weighted by Crippen LogP contribution is -2.40. The van der Waals surface area contributed by atoms with Crippen LogP contribution in [0.3, 0.4) is 0 Å². The van der Waals surface area contributed by atoms with E-state index >= 15 is 0 Å². The van der Waals surface area contributed by atoms with Crippen molar-refractivity contribution < 1.29 is 8.42 Å². The van der Waals surface area contributed by atoms with E-state index in [1.165, 1.54) is 0 Å². The normalized spacial score (nSPS) is 23.3. The molecule has 1 N–H and O–H groups in total. The summed E-state index contributed by atoms with van der Waals surface area (Å²) >= 11 is 0. The molecule has 5 nitrogen and oxygen atoms in total. The Labute approximate surface area is 106 Å². The van der Waals surface area contributed by atoms with Crippen molar-refractivity contribution in [1.29, 1.82) is 0 Å². The third kappa shape index (κ3) is 1.91. The highest BCUT2D eigenvalue weighted by atomic mass is 32.2. The molecule has 1 atom stereocenters. The molecule has 0 aromatic carbocycles. The Hall–Kier alpha value is -1.40. The maximum atomic E-state index is 11.7. The van der Waals surface area contributed by atoms with Crippen molar-refractivity contribution in [2.24, 2.45) is 0 Å². The fourth-order valence-electron chi connectivity index (χ4n) is 2.39. The molecule has 3 heterocycles. The monoisotopic (exact) mass is 265 g/mol. The second-order valence-electron chi connectivity index (χ2n) is 4.68. The van der Waals surface area contributed by atoms with E-state index in [4.69, 9.17) is 0 Å². The molecule has 6 heteroatoms. The Kier molecular flexibility index (Phi) is 2.64. The Morgan fingerprint density at radius 2 is 2.33 bits per heavy atom. The molecule has 0 bridgehead atoms. The van der Waals surface area contributed by atoms with Crippen LogP contribution in [-0.4, -0.2) is 35.9 Å². The van der Waals surface area contributed by atoms with Gasteiger partial charge in [-0.3, -0.25) is 0 Å². The van der Waals surface area contributed by atoms with Gasteiger partial charge >= 0.3 is 0 Å².